The molecule has 4 rings (SSSR count). The lowest BCUT2D eigenvalue weighted by molar-refractivity contribution is -0.142. The molecule has 0 aromatic heterocycles. The maximum absolute atomic E-state index is 13.3. The lowest BCUT2D eigenvalue weighted by Crippen LogP contribution is -2.52. The molecule has 2 fully saturated rings. The van der Waals surface area contributed by atoms with Crippen LogP contribution in [0.4, 0.5) is 0 Å². The van der Waals surface area contributed by atoms with Crippen molar-refractivity contribution >= 4 is 17.7 Å². The molecule has 0 aliphatic carbocycles. The summed E-state index contributed by atoms with van der Waals surface area (Å²) >= 11 is 0. The zero-order chi connectivity index (χ0) is 22.5. The minimum Gasteiger partial charge on any atom is -0.454 e. The number of piperidine rings is 1. The zero-order valence-corrected chi connectivity index (χ0v) is 18.8. The summed E-state index contributed by atoms with van der Waals surface area (Å²) in [5.41, 5.74) is 0.896. The molecule has 1 N–H and O–H groups in total. The summed E-state index contributed by atoms with van der Waals surface area (Å²) in [5.74, 6) is 1.24. The number of hydrogen-bond acceptors (Lipinski definition) is 5. The SMILES string of the molecule is CC(=O)NC(Cc1ccc2c(c1)OCO2)C(=O)N1CCC(C(=O)N2CCCCCC2)CC1. The smallest absolute Gasteiger partial charge is 0.245 e. The van der Waals surface area contributed by atoms with Crippen molar-refractivity contribution in [3.05, 3.63) is 23.8 Å². The van der Waals surface area contributed by atoms with Crippen molar-refractivity contribution in [1.82, 2.24) is 15.1 Å². The Labute approximate surface area is 189 Å². The van der Waals surface area contributed by atoms with Crippen LogP contribution in [0.2, 0.25) is 0 Å². The molecular formula is C24H33N3O5. The number of likely N-dealkylation sites (tertiary alicyclic amines) is 2. The van der Waals surface area contributed by atoms with Crippen molar-refractivity contribution in [1.29, 1.82) is 0 Å². The van der Waals surface area contributed by atoms with Gasteiger partial charge in [0.1, 0.15) is 6.04 Å². The van der Waals surface area contributed by atoms with Crippen LogP contribution in [0, 0.1) is 5.92 Å². The third kappa shape index (κ3) is 5.34. The molecule has 1 aromatic carbocycles. The highest BCUT2D eigenvalue weighted by Gasteiger charge is 2.33. The number of fused-ring (bicyclic) bond motifs is 1. The van der Waals surface area contributed by atoms with E-state index in [-0.39, 0.29) is 30.4 Å². The summed E-state index contributed by atoms with van der Waals surface area (Å²) < 4.78 is 10.8. The van der Waals surface area contributed by atoms with Crippen LogP contribution in [-0.4, -0.2) is 66.5 Å². The Morgan fingerprint density at radius 3 is 2.34 bits per heavy atom. The first kappa shape index (κ1) is 22.4. The van der Waals surface area contributed by atoms with Crippen molar-refractivity contribution < 1.29 is 23.9 Å². The number of nitrogens with one attached hydrogen (secondary N) is 1. The highest BCUT2D eigenvalue weighted by Crippen LogP contribution is 2.33. The molecule has 1 aromatic rings. The molecule has 8 nitrogen and oxygen atoms in total. The van der Waals surface area contributed by atoms with Gasteiger partial charge in [0.25, 0.3) is 0 Å². The molecule has 0 bridgehead atoms. The van der Waals surface area contributed by atoms with E-state index in [9.17, 15) is 14.4 Å². The maximum Gasteiger partial charge on any atom is 0.245 e. The largest absolute Gasteiger partial charge is 0.454 e. The maximum atomic E-state index is 13.3. The topological polar surface area (TPSA) is 88.2 Å². The van der Waals surface area contributed by atoms with Gasteiger partial charge in [0.05, 0.1) is 0 Å². The molecule has 2 saturated heterocycles. The first-order valence-corrected chi connectivity index (χ1v) is 11.7. The summed E-state index contributed by atoms with van der Waals surface area (Å²) in [5, 5.41) is 2.81. The Morgan fingerprint density at radius 1 is 0.969 bits per heavy atom. The van der Waals surface area contributed by atoms with Gasteiger partial charge in [-0.2, -0.15) is 0 Å². The molecule has 3 heterocycles. The van der Waals surface area contributed by atoms with Gasteiger partial charge in [-0.05, 0) is 43.4 Å². The summed E-state index contributed by atoms with van der Waals surface area (Å²) in [6.07, 6.45) is 6.30. The van der Waals surface area contributed by atoms with Gasteiger partial charge in [0.2, 0.25) is 24.5 Å². The van der Waals surface area contributed by atoms with Gasteiger partial charge in [-0.25, -0.2) is 0 Å². The van der Waals surface area contributed by atoms with E-state index in [1.54, 1.807) is 4.90 Å². The van der Waals surface area contributed by atoms with Gasteiger partial charge < -0.3 is 24.6 Å². The summed E-state index contributed by atoms with van der Waals surface area (Å²) in [6.45, 7) is 4.42. The van der Waals surface area contributed by atoms with Gasteiger partial charge in [-0.15, -0.1) is 0 Å². The van der Waals surface area contributed by atoms with Crippen LogP contribution in [0.25, 0.3) is 0 Å². The predicted octanol–water partition coefficient (Wildman–Crippen LogP) is 2.10. The van der Waals surface area contributed by atoms with Crippen molar-refractivity contribution in [2.45, 2.75) is 57.9 Å². The van der Waals surface area contributed by atoms with E-state index in [4.69, 9.17) is 9.47 Å². The lowest BCUT2D eigenvalue weighted by atomic mass is 9.94. The van der Waals surface area contributed by atoms with Crippen LogP contribution < -0.4 is 14.8 Å². The Bertz CT molecular complexity index is 842. The number of nitrogens with zero attached hydrogens (tertiary/aromatic N) is 2. The van der Waals surface area contributed by atoms with E-state index in [0.29, 0.717) is 43.9 Å². The summed E-state index contributed by atoms with van der Waals surface area (Å²) in [7, 11) is 0. The average Bonchev–Trinajstić information content (AvgIpc) is 3.09. The predicted molar refractivity (Wildman–Crippen MR) is 118 cm³/mol. The quantitative estimate of drug-likeness (QED) is 0.753. The van der Waals surface area contributed by atoms with Gasteiger partial charge >= 0.3 is 0 Å². The number of ether oxygens (including phenoxy) is 2. The Morgan fingerprint density at radius 2 is 1.66 bits per heavy atom. The molecule has 32 heavy (non-hydrogen) atoms. The normalized spacial score (nSPS) is 19.9. The third-order valence-electron chi connectivity index (χ3n) is 6.63. The molecule has 3 aliphatic rings. The van der Waals surface area contributed by atoms with Gasteiger partial charge in [-0.1, -0.05) is 18.9 Å². The fourth-order valence-corrected chi connectivity index (χ4v) is 4.87. The third-order valence-corrected chi connectivity index (χ3v) is 6.63. The molecule has 3 amide bonds. The van der Waals surface area contributed by atoms with Crippen molar-refractivity contribution in [2.75, 3.05) is 33.0 Å². The second kappa shape index (κ2) is 10.2. The number of rotatable bonds is 5. The van der Waals surface area contributed by atoms with Crippen LogP contribution in [0.15, 0.2) is 18.2 Å². The van der Waals surface area contributed by atoms with Crippen LogP contribution in [0.3, 0.4) is 0 Å². The molecule has 8 heteroatoms. The van der Waals surface area contributed by atoms with E-state index < -0.39 is 6.04 Å². The van der Waals surface area contributed by atoms with Gasteiger partial charge in [0, 0.05) is 45.4 Å². The molecule has 0 spiro atoms. The van der Waals surface area contributed by atoms with E-state index >= 15 is 0 Å². The van der Waals surface area contributed by atoms with E-state index in [2.05, 4.69) is 5.32 Å². The summed E-state index contributed by atoms with van der Waals surface area (Å²) in [4.78, 5) is 41.8. The molecule has 3 aliphatic heterocycles. The fourth-order valence-electron chi connectivity index (χ4n) is 4.87. The standard InChI is InChI=1S/C24H33N3O5/c1-17(28)25-20(14-18-6-7-21-22(15-18)32-16-31-21)24(30)27-12-8-19(9-13-27)23(29)26-10-4-2-3-5-11-26/h6-7,15,19-20H,2-5,8-14,16H2,1H3,(H,25,28). The second-order valence-corrected chi connectivity index (χ2v) is 8.98. The lowest BCUT2D eigenvalue weighted by Gasteiger charge is -2.35. The molecule has 1 unspecified atom stereocenters. The van der Waals surface area contributed by atoms with Crippen molar-refractivity contribution in [3.63, 3.8) is 0 Å². The minimum atomic E-state index is -0.647. The van der Waals surface area contributed by atoms with Gasteiger partial charge in [-0.3, -0.25) is 14.4 Å². The number of amides is 3. The Hall–Kier alpha value is -2.77. The number of carbonyl (C=O) groups is 3. The number of hydrogen-bond donors (Lipinski definition) is 1. The first-order chi connectivity index (χ1) is 15.5. The van der Waals surface area contributed by atoms with Crippen molar-refractivity contribution in [3.8, 4) is 11.5 Å². The molecule has 1 atom stereocenters. The number of carbonyl (C=O) groups excluding carboxylic acids is 3. The monoisotopic (exact) mass is 443 g/mol. The molecule has 0 radical (unpaired) electrons. The van der Waals surface area contributed by atoms with Crippen LogP contribution in [0.1, 0.15) is 51.0 Å². The van der Waals surface area contributed by atoms with Crippen LogP contribution in [0.5, 0.6) is 11.5 Å². The second-order valence-electron chi connectivity index (χ2n) is 8.98. The Balaban J connectivity index is 1.35. The van der Waals surface area contributed by atoms with E-state index in [1.165, 1.54) is 19.8 Å². The first-order valence-electron chi connectivity index (χ1n) is 11.7. The van der Waals surface area contributed by atoms with Crippen molar-refractivity contribution in [2.24, 2.45) is 5.92 Å². The molecule has 0 saturated carbocycles. The van der Waals surface area contributed by atoms with E-state index in [1.807, 2.05) is 23.1 Å². The number of benzene rings is 1. The molecular weight excluding hydrogens is 410 g/mol. The minimum absolute atomic E-state index is 0.00905. The zero-order valence-electron chi connectivity index (χ0n) is 18.8. The average molecular weight is 444 g/mol. The fraction of sp³-hybridized carbons (Fsp3) is 0.625. The highest BCUT2D eigenvalue weighted by molar-refractivity contribution is 5.87. The van der Waals surface area contributed by atoms with Crippen LogP contribution in [-0.2, 0) is 20.8 Å². The molecule has 174 valence electrons. The van der Waals surface area contributed by atoms with Crippen LogP contribution >= 0.6 is 0 Å². The van der Waals surface area contributed by atoms with Gasteiger partial charge in [0.15, 0.2) is 11.5 Å². The Kier molecular flexibility index (Phi) is 7.17. The highest BCUT2D eigenvalue weighted by atomic mass is 16.7. The van der Waals surface area contributed by atoms with E-state index in [0.717, 1.165) is 31.5 Å². The summed E-state index contributed by atoms with van der Waals surface area (Å²) in [6, 6.07) is 4.93.